The molecule has 0 spiro atoms. The summed E-state index contributed by atoms with van der Waals surface area (Å²) in [7, 11) is 0. The van der Waals surface area contributed by atoms with Gasteiger partial charge in [-0.25, -0.2) is 9.18 Å². The highest BCUT2D eigenvalue weighted by molar-refractivity contribution is 6.06. The molecule has 1 atom stereocenters. The minimum absolute atomic E-state index is 0.200. The number of imide groups is 1. The molecule has 0 saturated carbocycles. The molecule has 1 heterocycles. The highest BCUT2D eigenvalue weighted by Gasteiger charge is 2.31. The zero-order valence-corrected chi connectivity index (χ0v) is 9.20. The van der Waals surface area contributed by atoms with Crippen LogP contribution in [-0.2, 0) is 9.59 Å². The van der Waals surface area contributed by atoms with Crippen LogP contribution < -0.4 is 16.0 Å². The van der Waals surface area contributed by atoms with Gasteiger partial charge in [-0.3, -0.25) is 14.9 Å². The zero-order chi connectivity index (χ0) is 13.1. The van der Waals surface area contributed by atoms with Crippen LogP contribution in [-0.4, -0.2) is 23.9 Å². The van der Waals surface area contributed by atoms with Crippen molar-refractivity contribution in [3.8, 4) is 0 Å². The molecule has 0 aromatic heterocycles. The Balaban J connectivity index is 1.93. The lowest BCUT2D eigenvalue weighted by atomic mass is 10.2. The number of amides is 4. The van der Waals surface area contributed by atoms with Crippen LogP contribution in [0, 0.1) is 5.82 Å². The summed E-state index contributed by atoms with van der Waals surface area (Å²) in [6, 6.07) is 3.88. The number of halogens is 1. The molecule has 94 valence electrons. The maximum Gasteiger partial charge on any atom is 0.322 e. The number of hydrogen-bond donors (Lipinski definition) is 3. The highest BCUT2D eigenvalue weighted by Crippen LogP contribution is 2.10. The molecule has 3 N–H and O–H groups in total. The Bertz CT molecular complexity index is 518. The van der Waals surface area contributed by atoms with Crippen LogP contribution >= 0.6 is 0 Å². The second-order valence-electron chi connectivity index (χ2n) is 3.78. The zero-order valence-electron chi connectivity index (χ0n) is 9.20. The number of anilines is 1. The number of benzene rings is 1. The predicted molar refractivity (Wildman–Crippen MR) is 60.1 cm³/mol. The van der Waals surface area contributed by atoms with Gasteiger partial charge in [0.25, 0.3) is 5.91 Å². The van der Waals surface area contributed by atoms with Gasteiger partial charge in [-0.1, -0.05) is 6.07 Å². The van der Waals surface area contributed by atoms with E-state index in [2.05, 4.69) is 10.6 Å². The van der Waals surface area contributed by atoms with Crippen LogP contribution in [0.3, 0.4) is 0 Å². The van der Waals surface area contributed by atoms with E-state index in [1.165, 1.54) is 18.2 Å². The van der Waals surface area contributed by atoms with Crippen molar-refractivity contribution in [3.05, 3.63) is 30.1 Å². The third kappa shape index (κ3) is 2.82. The van der Waals surface area contributed by atoms with Crippen molar-refractivity contribution in [2.45, 2.75) is 12.5 Å². The largest absolute Gasteiger partial charge is 0.326 e. The molecular formula is C11H10FN3O3. The summed E-state index contributed by atoms with van der Waals surface area (Å²) in [5.41, 5.74) is 0.296. The number of carbonyl (C=O) groups excluding carboxylic acids is 3. The van der Waals surface area contributed by atoms with E-state index in [0.29, 0.717) is 5.69 Å². The Morgan fingerprint density at radius 1 is 1.39 bits per heavy atom. The summed E-state index contributed by atoms with van der Waals surface area (Å²) < 4.78 is 12.9. The number of rotatable bonds is 3. The van der Waals surface area contributed by atoms with E-state index in [1.807, 2.05) is 5.32 Å². The molecule has 0 radical (unpaired) electrons. The van der Waals surface area contributed by atoms with Gasteiger partial charge in [-0.05, 0) is 18.2 Å². The van der Waals surface area contributed by atoms with Crippen molar-refractivity contribution >= 4 is 23.5 Å². The van der Waals surface area contributed by atoms with E-state index >= 15 is 0 Å². The molecule has 0 aliphatic carbocycles. The van der Waals surface area contributed by atoms with Gasteiger partial charge in [0.05, 0.1) is 6.42 Å². The van der Waals surface area contributed by atoms with Crippen molar-refractivity contribution in [2.75, 3.05) is 5.32 Å². The fourth-order valence-corrected chi connectivity index (χ4v) is 1.57. The summed E-state index contributed by atoms with van der Waals surface area (Å²) in [6.07, 6.45) is -0.200. The molecule has 1 aliphatic heterocycles. The average Bonchev–Trinajstić information content (AvgIpc) is 2.57. The molecule has 1 fully saturated rings. The lowest BCUT2D eigenvalue weighted by molar-refractivity contribution is -0.124. The van der Waals surface area contributed by atoms with Gasteiger partial charge in [0.15, 0.2) is 0 Å². The lowest BCUT2D eigenvalue weighted by Gasteiger charge is -2.08. The van der Waals surface area contributed by atoms with Crippen LogP contribution in [0.2, 0.25) is 0 Å². The number of hydrogen-bond acceptors (Lipinski definition) is 3. The molecule has 1 unspecified atom stereocenters. The van der Waals surface area contributed by atoms with Crippen molar-refractivity contribution in [3.63, 3.8) is 0 Å². The first-order chi connectivity index (χ1) is 8.54. The molecule has 7 heteroatoms. The van der Waals surface area contributed by atoms with Gasteiger partial charge in [0.2, 0.25) is 5.91 Å². The average molecular weight is 251 g/mol. The summed E-state index contributed by atoms with van der Waals surface area (Å²) >= 11 is 0. The second-order valence-corrected chi connectivity index (χ2v) is 3.78. The standard InChI is InChI=1S/C11H10FN3O3/c12-6-2-1-3-7(4-6)13-9(16)5-8-10(17)15-11(18)14-8/h1-4,8H,5H2,(H,13,16)(H2,14,15,17,18). The van der Waals surface area contributed by atoms with E-state index in [0.717, 1.165) is 6.07 Å². The summed E-state index contributed by atoms with van der Waals surface area (Å²) in [6.45, 7) is 0. The molecule has 0 bridgehead atoms. The Labute approximate surface area is 102 Å². The van der Waals surface area contributed by atoms with Gasteiger partial charge in [-0.2, -0.15) is 0 Å². The maximum atomic E-state index is 12.9. The van der Waals surface area contributed by atoms with Gasteiger partial charge < -0.3 is 10.6 Å². The number of carbonyl (C=O) groups is 3. The number of urea groups is 1. The smallest absolute Gasteiger partial charge is 0.322 e. The molecule has 4 amide bonds. The molecule has 18 heavy (non-hydrogen) atoms. The highest BCUT2D eigenvalue weighted by atomic mass is 19.1. The van der Waals surface area contributed by atoms with E-state index in [9.17, 15) is 18.8 Å². The van der Waals surface area contributed by atoms with E-state index in [-0.39, 0.29) is 6.42 Å². The van der Waals surface area contributed by atoms with E-state index in [4.69, 9.17) is 0 Å². The van der Waals surface area contributed by atoms with Crippen LogP contribution in [0.1, 0.15) is 6.42 Å². The third-order valence-corrected chi connectivity index (χ3v) is 2.36. The first-order valence-electron chi connectivity index (χ1n) is 5.21. The SMILES string of the molecule is O=C(CC1NC(=O)NC1=O)Nc1cccc(F)c1. The first-order valence-corrected chi connectivity index (χ1v) is 5.21. The van der Waals surface area contributed by atoms with Gasteiger partial charge in [0.1, 0.15) is 11.9 Å². The normalized spacial score (nSPS) is 18.2. The van der Waals surface area contributed by atoms with Crippen molar-refractivity contribution < 1.29 is 18.8 Å². The minimum Gasteiger partial charge on any atom is -0.326 e. The predicted octanol–water partition coefficient (Wildman–Crippen LogP) is 0.362. The summed E-state index contributed by atoms with van der Waals surface area (Å²) in [4.78, 5) is 33.6. The second kappa shape index (κ2) is 4.82. The number of nitrogens with one attached hydrogen (secondary N) is 3. The van der Waals surface area contributed by atoms with Gasteiger partial charge in [0, 0.05) is 5.69 Å². The molecule has 1 saturated heterocycles. The van der Waals surface area contributed by atoms with Crippen molar-refractivity contribution in [1.29, 1.82) is 0 Å². The first kappa shape index (κ1) is 12.0. The van der Waals surface area contributed by atoms with Crippen LogP contribution in [0.15, 0.2) is 24.3 Å². The fraction of sp³-hybridized carbons (Fsp3) is 0.182. The van der Waals surface area contributed by atoms with Crippen molar-refractivity contribution in [2.24, 2.45) is 0 Å². The van der Waals surface area contributed by atoms with E-state index in [1.54, 1.807) is 0 Å². The summed E-state index contributed by atoms with van der Waals surface area (Å²) in [5, 5.41) is 6.75. The molecule has 1 aromatic carbocycles. The Morgan fingerprint density at radius 3 is 2.78 bits per heavy atom. The van der Waals surface area contributed by atoms with Gasteiger partial charge in [-0.15, -0.1) is 0 Å². The third-order valence-electron chi connectivity index (χ3n) is 2.36. The quantitative estimate of drug-likeness (QED) is 0.678. The molecule has 1 aromatic rings. The lowest BCUT2D eigenvalue weighted by Crippen LogP contribution is -2.33. The molecule has 2 rings (SSSR count). The minimum atomic E-state index is -0.883. The Morgan fingerprint density at radius 2 is 2.17 bits per heavy atom. The monoisotopic (exact) mass is 251 g/mol. The maximum absolute atomic E-state index is 12.9. The Hall–Kier alpha value is -2.44. The molecular weight excluding hydrogens is 241 g/mol. The molecule has 1 aliphatic rings. The Kier molecular flexibility index (Phi) is 3.22. The van der Waals surface area contributed by atoms with Crippen molar-refractivity contribution in [1.82, 2.24) is 10.6 Å². The molecule has 6 nitrogen and oxygen atoms in total. The van der Waals surface area contributed by atoms with Crippen LogP contribution in [0.25, 0.3) is 0 Å². The van der Waals surface area contributed by atoms with Crippen LogP contribution in [0.5, 0.6) is 0 Å². The fourth-order valence-electron chi connectivity index (χ4n) is 1.57. The summed E-state index contributed by atoms with van der Waals surface area (Å²) in [5.74, 6) is -1.50. The topological polar surface area (TPSA) is 87.3 Å². The van der Waals surface area contributed by atoms with Crippen LogP contribution in [0.4, 0.5) is 14.9 Å². The van der Waals surface area contributed by atoms with Gasteiger partial charge >= 0.3 is 6.03 Å². The van der Waals surface area contributed by atoms with E-state index < -0.39 is 29.7 Å².